The highest BCUT2D eigenvalue weighted by Crippen LogP contribution is 2.48. The Hall–Kier alpha value is -4.79. The molecule has 0 unspecified atom stereocenters. The van der Waals surface area contributed by atoms with Gasteiger partial charge in [0.05, 0.1) is 30.6 Å². The van der Waals surface area contributed by atoms with Crippen LogP contribution in [-0.2, 0) is 31.1 Å². The molecule has 206 valence electrons. The first-order chi connectivity index (χ1) is 19.1. The van der Waals surface area contributed by atoms with Gasteiger partial charge in [-0.3, -0.25) is 10.1 Å². The Kier molecular flexibility index (Phi) is 6.97. The number of esters is 1. The number of methoxy groups -OCH3 is 1. The molecule has 2 aliphatic rings. The molecule has 3 aromatic carbocycles. The number of rotatable bonds is 7. The summed E-state index contributed by atoms with van der Waals surface area (Å²) in [6, 6.07) is 23.7. The molecule has 0 spiro atoms. The molecule has 3 aromatic rings. The van der Waals surface area contributed by atoms with Crippen molar-refractivity contribution in [1.29, 1.82) is 0 Å². The summed E-state index contributed by atoms with van der Waals surface area (Å²) < 4.78 is 16.3. The lowest BCUT2D eigenvalue weighted by Gasteiger charge is -2.32. The molecule has 9 nitrogen and oxygen atoms in total. The molecule has 0 fully saturated rings. The number of cyclic esters (lactones) is 1. The molecule has 40 heavy (non-hydrogen) atoms. The Balaban J connectivity index is 1.66. The van der Waals surface area contributed by atoms with Crippen molar-refractivity contribution in [3.63, 3.8) is 0 Å². The van der Waals surface area contributed by atoms with Crippen LogP contribution in [0.25, 0.3) is 0 Å². The van der Waals surface area contributed by atoms with Crippen LogP contribution in [0.4, 0.5) is 16.2 Å². The van der Waals surface area contributed by atoms with Crippen LogP contribution in [0.3, 0.4) is 0 Å². The number of amides is 2. The van der Waals surface area contributed by atoms with Crippen LogP contribution in [-0.4, -0.2) is 37.3 Å². The van der Waals surface area contributed by atoms with Crippen molar-refractivity contribution in [2.75, 3.05) is 23.9 Å². The van der Waals surface area contributed by atoms with E-state index in [2.05, 4.69) is 10.6 Å². The average Bonchev–Trinajstić information content (AvgIpc) is 3.39. The number of carbonyl (C=O) groups is 3. The molecule has 1 atom stereocenters. The highest BCUT2D eigenvalue weighted by Gasteiger charge is 2.59. The van der Waals surface area contributed by atoms with E-state index in [-0.39, 0.29) is 18.7 Å². The van der Waals surface area contributed by atoms with Crippen molar-refractivity contribution in [3.8, 4) is 5.75 Å². The van der Waals surface area contributed by atoms with E-state index in [1.165, 1.54) is 0 Å². The first kappa shape index (κ1) is 26.8. The van der Waals surface area contributed by atoms with Gasteiger partial charge in [0.15, 0.2) is 5.54 Å². The zero-order valence-corrected chi connectivity index (χ0v) is 22.8. The van der Waals surface area contributed by atoms with Crippen LogP contribution < -0.4 is 20.3 Å². The minimum Gasteiger partial charge on any atom is -0.497 e. The minimum absolute atomic E-state index is 0.00203. The normalized spacial score (nSPS) is 18.4. The van der Waals surface area contributed by atoms with E-state index in [0.29, 0.717) is 28.4 Å². The molecule has 2 amide bonds. The van der Waals surface area contributed by atoms with Crippen LogP contribution in [0.2, 0.25) is 0 Å². The maximum atomic E-state index is 14.6. The Morgan fingerprint density at radius 1 is 0.975 bits per heavy atom. The summed E-state index contributed by atoms with van der Waals surface area (Å²) in [5, 5.41) is 6.03. The summed E-state index contributed by atoms with van der Waals surface area (Å²) in [6.45, 7) is 5.31. The molecule has 0 bridgehead atoms. The second-order valence-electron chi connectivity index (χ2n) is 10.6. The number of nitrogens with one attached hydrogen (secondary N) is 2. The SMILES string of the molecule is COc1ccc(NC2=C([C@@]3(NC(=O)OC(C)(C)C)C(=O)N(Cc4ccccc4)c4ccccc43)C(=O)OC2)cc1. The van der Waals surface area contributed by atoms with E-state index < -0.39 is 29.1 Å². The van der Waals surface area contributed by atoms with Crippen LogP contribution in [0.15, 0.2) is 90.1 Å². The monoisotopic (exact) mass is 541 g/mol. The molecule has 0 saturated heterocycles. The Labute approximate surface area is 232 Å². The van der Waals surface area contributed by atoms with Crippen molar-refractivity contribution >= 4 is 29.3 Å². The highest BCUT2D eigenvalue weighted by molar-refractivity contribution is 6.17. The molecule has 0 aromatic heterocycles. The van der Waals surface area contributed by atoms with Crippen LogP contribution >= 0.6 is 0 Å². The number of fused-ring (bicyclic) bond motifs is 1. The van der Waals surface area contributed by atoms with E-state index in [1.54, 1.807) is 75.2 Å². The lowest BCUT2D eigenvalue weighted by molar-refractivity contribution is -0.138. The smallest absolute Gasteiger partial charge is 0.409 e. The molecule has 2 heterocycles. The number of benzene rings is 3. The number of alkyl carbamates (subject to hydrolysis) is 1. The van der Waals surface area contributed by atoms with E-state index in [4.69, 9.17) is 14.2 Å². The Morgan fingerprint density at radius 3 is 2.33 bits per heavy atom. The number of nitrogens with zero attached hydrogens (tertiary/aromatic N) is 1. The summed E-state index contributed by atoms with van der Waals surface area (Å²) in [7, 11) is 1.57. The van der Waals surface area contributed by atoms with Gasteiger partial charge < -0.3 is 24.4 Å². The fraction of sp³-hybridized carbons (Fsp3) is 0.258. The van der Waals surface area contributed by atoms with Gasteiger partial charge in [-0.05, 0) is 56.7 Å². The first-order valence-electron chi connectivity index (χ1n) is 12.9. The molecule has 0 aliphatic carbocycles. The molecule has 2 aliphatic heterocycles. The number of carbonyl (C=O) groups excluding carboxylic acids is 3. The van der Waals surface area contributed by atoms with Crippen molar-refractivity contribution in [1.82, 2.24) is 5.32 Å². The summed E-state index contributed by atoms with van der Waals surface area (Å²) in [5.74, 6) is -0.541. The first-order valence-corrected chi connectivity index (χ1v) is 12.9. The van der Waals surface area contributed by atoms with Gasteiger partial charge in [-0.1, -0.05) is 48.5 Å². The fourth-order valence-corrected chi connectivity index (χ4v) is 4.99. The van der Waals surface area contributed by atoms with Gasteiger partial charge in [-0.15, -0.1) is 0 Å². The Bertz CT molecular complexity index is 1480. The van der Waals surface area contributed by atoms with Gasteiger partial charge in [0.25, 0.3) is 5.91 Å². The molecule has 0 saturated carbocycles. The average molecular weight is 542 g/mol. The largest absolute Gasteiger partial charge is 0.497 e. The quantitative estimate of drug-likeness (QED) is 0.411. The van der Waals surface area contributed by atoms with Crippen molar-refractivity contribution in [3.05, 3.63) is 101 Å². The van der Waals surface area contributed by atoms with Crippen molar-refractivity contribution in [2.24, 2.45) is 0 Å². The van der Waals surface area contributed by atoms with E-state index in [9.17, 15) is 14.4 Å². The topological polar surface area (TPSA) is 106 Å². The Morgan fingerprint density at radius 2 is 1.65 bits per heavy atom. The highest BCUT2D eigenvalue weighted by atomic mass is 16.6. The predicted octanol–water partition coefficient (Wildman–Crippen LogP) is 4.89. The molecule has 2 N–H and O–H groups in total. The van der Waals surface area contributed by atoms with Gasteiger partial charge in [0, 0.05) is 11.3 Å². The molecule has 0 radical (unpaired) electrons. The number of ether oxygens (including phenoxy) is 3. The van der Waals surface area contributed by atoms with Gasteiger partial charge >= 0.3 is 12.1 Å². The molecule has 9 heteroatoms. The number of anilines is 2. The van der Waals surface area contributed by atoms with Crippen LogP contribution in [0.5, 0.6) is 5.75 Å². The van der Waals surface area contributed by atoms with Gasteiger partial charge in [-0.25, -0.2) is 9.59 Å². The number of hydrogen-bond acceptors (Lipinski definition) is 7. The molecule has 5 rings (SSSR count). The third-order valence-electron chi connectivity index (χ3n) is 6.65. The van der Waals surface area contributed by atoms with Crippen molar-refractivity contribution in [2.45, 2.75) is 38.5 Å². The van der Waals surface area contributed by atoms with Crippen molar-refractivity contribution < 1.29 is 28.6 Å². The second kappa shape index (κ2) is 10.4. The van der Waals surface area contributed by atoms with Crippen LogP contribution in [0, 0.1) is 0 Å². The van der Waals surface area contributed by atoms with Gasteiger partial charge in [-0.2, -0.15) is 0 Å². The molecular formula is C31H31N3O6. The summed E-state index contributed by atoms with van der Waals surface area (Å²) in [4.78, 5) is 42.9. The third-order valence-corrected chi connectivity index (χ3v) is 6.65. The van der Waals surface area contributed by atoms with E-state index in [0.717, 1.165) is 5.56 Å². The molecular weight excluding hydrogens is 510 g/mol. The standard InChI is InChI=1S/C31H31N3O6/c1-30(2,3)40-29(37)33-31(26-24(19-39-27(26)35)32-21-14-16-22(38-4)17-15-21)23-12-8-9-13-25(23)34(28(31)36)18-20-10-6-5-7-11-20/h5-17,32H,18-19H2,1-4H3,(H,33,37)/t31-/m1/s1. The summed E-state index contributed by atoms with van der Waals surface area (Å²) in [5.41, 5.74) is 0.185. The number of hydrogen-bond donors (Lipinski definition) is 2. The lowest BCUT2D eigenvalue weighted by atomic mass is 9.82. The van der Waals surface area contributed by atoms with Crippen LogP contribution in [0.1, 0.15) is 31.9 Å². The minimum atomic E-state index is -1.89. The van der Waals surface area contributed by atoms with E-state index in [1.807, 2.05) is 36.4 Å². The fourth-order valence-electron chi connectivity index (χ4n) is 4.99. The maximum Gasteiger partial charge on any atom is 0.409 e. The summed E-state index contributed by atoms with van der Waals surface area (Å²) in [6.07, 6.45) is -0.840. The predicted molar refractivity (Wildman–Crippen MR) is 150 cm³/mol. The summed E-state index contributed by atoms with van der Waals surface area (Å²) >= 11 is 0. The zero-order chi connectivity index (χ0) is 28.5. The zero-order valence-electron chi connectivity index (χ0n) is 22.8. The third kappa shape index (κ3) is 4.98. The lowest BCUT2D eigenvalue weighted by Crippen LogP contribution is -2.56. The second-order valence-corrected chi connectivity index (χ2v) is 10.6. The van der Waals surface area contributed by atoms with E-state index >= 15 is 0 Å². The van der Waals surface area contributed by atoms with Gasteiger partial charge in [0.1, 0.15) is 18.0 Å². The maximum absolute atomic E-state index is 14.6. The van der Waals surface area contributed by atoms with Gasteiger partial charge in [0.2, 0.25) is 0 Å². The number of para-hydroxylation sites is 1.